The van der Waals surface area contributed by atoms with E-state index in [1.54, 1.807) is 12.1 Å². The van der Waals surface area contributed by atoms with Crippen LogP contribution in [0.15, 0.2) is 18.2 Å². The Hall–Kier alpha value is -3.05. The summed E-state index contributed by atoms with van der Waals surface area (Å²) in [7, 11) is 1.48. The van der Waals surface area contributed by atoms with Crippen LogP contribution in [0.5, 0.6) is 11.5 Å². The van der Waals surface area contributed by atoms with Crippen LogP contribution in [0.3, 0.4) is 0 Å². The summed E-state index contributed by atoms with van der Waals surface area (Å²) in [5.41, 5.74) is 1.80. The number of carbonyl (C=O) groups is 2. The molecular formula is C20H20N2O5S. The van der Waals surface area contributed by atoms with Crippen molar-refractivity contribution in [2.45, 2.75) is 26.2 Å². The van der Waals surface area contributed by atoms with Crippen molar-refractivity contribution < 1.29 is 23.8 Å². The highest BCUT2D eigenvalue weighted by atomic mass is 32.1. The lowest BCUT2D eigenvalue weighted by molar-refractivity contribution is -0.119. The summed E-state index contributed by atoms with van der Waals surface area (Å²) in [5.74, 6) is -0.199. The molecule has 1 aliphatic carbocycles. The number of amides is 1. The average Bonchev–Trinajstić information content (AvgIpc) is 3.27. The summed E-state index contributed by atoms with van der Waals surface area (Å²) in [5, 5.41) is 12.6. The fraction of sp³-hybridized carbons (Fsp3) is 0.350. The molecule has 8 heteroatoms. The molecule has 28 heavy (non-hydrogen) atoms. The van der Waals surface area contributed by atoms with Gasteiger partial charge in [0.25, 0.3) is 5.91 Å². The van der Waals surface area contributed by atoms with Crippen molar-refractivity contribution in [3.05, 3.63) is 39.8 Å². The predicted molar refractivity (Wildman–Crippen MR) is 104 cm³/mol. The number of anilines is 1. The van der Waals surface area contributed by atoms with Gasteiger partial charge in [0.15, 0.2) is 18.1 Å². The second-order valence-corrected chi connectivity index (χ2v) is 7.20. The second kappa shape index (κ2) is 8.76. The molecule has 1 N–H and O–H groups in total. The number of fused-ring (bicyclic) bond motifs is 1. The molecule has 0 bridgehead atoms. The largest absolute Gasteiger partial charge is 0.493 e. The molecule has 1 aromatic heterocycles. The monoisotopic (exact) mass is 400 g/mol. The number of esters is 1. The molecular weight excluding hydrogens is 380 g/mol. The number of nitrogens with one attached hydrogen (secondary N) is 1. The highest BCUT2D eigenvalue weighted by Gasteiger charge is 2.23. The number of nitrogens with zero attached hydrogens (tertiary/aromatic N) is 1. The zero-order valence-corrected chi connectivity index (χ0v) is 16.5. The number of ether oxygens (including phenoxy) is 3. The molecule has 0 atom stereocenters. The minimum atomic E-state index is -0.648. The van der Waals surface area contributed by atoms with E-state index in [0.717, 1.165) is 29.7 Å². The van der Waals surface area contributed by atoms with Crippen molar-refractivity contribution in [1.29, 1.82) is 5.26 Å². The molecule has 0 radical (unpaired) electrons. The van der Waals surface area contributed by atoms with E-state index in [1.807, 2.05) is 6.92 Å². The number of aryl methyl sites for hydroxylation is 1. The van der Waals surface area contributed by atoms with Gasteiger partial charge in [-0.05, 0) is 49.9 Å². The minimum absolute atomic E-state index is 0.251. The van der Waals surface area contributed by atoms with E-state index in [2.05, 4.69) is 11.4 Å². The lowest BCUT2D eigenvalue weighted by atomic mass is 10.1. The molecule has 2 aromatic rings. The van der Waals surface area contributed by atoms with Crippen LogP contribution in [0.2, 0.25) is 0 Å². The number of methoxy groups -OCH3 is 1. The van der Waals surface area contributed by atoms with Crippen molar-refractivity contribution in [1.82, 2.24) is 0 Å². The van der Waals surface area contributed by atoms with E-state index >= 15 is 0 Å². The van der Waals surface area contributed by atoms with E-state index in [4.69, 9.17) is 14.2 Å². The van der Waals surface area contributed by atoms with Gasteiger partial charge in [-0.2, -0.15) is 5.26 Å². The third-order valence-corrected chi connectivity index (χ3v) is 5.53. The van der Waals surface area contributed by atoms with E-state index in [-0.39, 0.29) is 5.56 Å². The first kappa shape index (κ1) is 19.7. The van der Waals surface area contributed by atoms with Gasteiger partial charge in [0.1, 0.15) is 11.1 Å². The Morgan fingerprint density at radius 1 is 1.29 bits per heavy atom. The number of rotatable bonds is 7. The lowest BCUT2D eigenvalue weighted by Gasteiger charge is -2.11. The fourth-order valence-corrected chi connectivity index (χ4v) is 4.31. The van der Waals surface area contributed by atoms with Crippen LogP contribution in [-0.4, -0.2) is 32.2 Å². The first-order valence-corrected chi connectivity index (χ1v) is 9.71. The topological polar surface area (TPSA) is 97.6 Å². The normalized spacial score (nSPS) is 12.0. The third kappa shape index (κ3) is 4.10. The molecule has 0 unspecified atom stereocenters. The zero-order valence-electron chi connectivity index (χ0n) is 15.7. The van der Waals surface area contributed by atoms with E-state index < -0.39 is 18.5 Å². The van der Waals surface area contributed by atoms with Crippen molar-refractivity contribution in [3.63, 3.8) is 0 Å². The minimum Gasteiger partial charge on any atom is -0.493 e. The highest BCUT2D eigenvalue weighted by molar-refractivity contribution is 7.16. The first-order chi connectivity index (χ1) is 13.6. The SMILES string of the molecule is CCOc1ccc(C(=O)OCC(=O)Nc2sc3c(c2C#N)CCC3)cc1OC. The Morgan fingerprint density at radius 2 is 2.11 bits per heavy atom. The van der Waals surface area contributed by atoms with Gasteiger partial charge in [-0.25, -0.2) is 4.79 Å². The number of hydrogen-bond acceptors (Lipinski definition) is 7. The van der Waals surface area contributed by atoms with E-state index in [1.165, 1.54) is 24.5 Å². The van der Waals surface area contributed by atoms with Crippen LogP contribution < -0.4 is 14.8 Å². The maximum absolute atomic E-state index is 12.2. The maximum atomic E-state index is 12.2. The molecule has 0 fully saturated rings. The molecule has 1 aromatic carbocycles. The summed E-state index contributed by atoms with van der Waals surface area (Å²) in [4.78, 5) is 25.5. The van der Waals surface area contributed by atoms with Gasteiger partial charge in [0, 0.05) is 4.88 Å². The molecule has 1 aliphatic rings. The Kier molecular flexibility index (Phi) is 6.16. The number of benzene rings is 1. The summed E-state index contributed by atoms with van der Waals surface area (Å²) in [6.45, 7) is 1.87. The molecule has 0 spiro atoms. The fourth-order valence-electron chi connectivity index (χ4n) is 3.06. The van der Waals surface area contributed by atoms with Gasteiger partial charge in [0.2, 0.25) is 0 Å². The van der Waals surface area contributed by atoms with Gasteiger partial charge in [-0.3, -0.25) is 4.79 Å². The molecule has 0 saturated carbocycles. The number of thiophene rings is 1. The Bertz CT molecular complexity index is 945. The standard InChI is InChI=1S/C20H20N2O5S/c1-3-26-15-8-7-12(9-16(15)25-2)20(24)27-11-18(23)22-19-14(10-21)13-5-4-6-17(13)28-19/h7-9H,3-6,11H2,1-2H3,(H,22,23). The predicted octanol–water partition coefficient (Wildman–Crippen LogP) is 3.31. The summed E-state index contributed by atoms with van der Waals surface area (Å²) in [6, 6.07) is 6.83. The smallest absolute Gasteiger partial charge is 0.338 e. The maximum Gasteiger partial charge on any atom is 0.338 e. The second-order valence-electron chi connectivity index (χ2n) is 6.10. The molecule has 1 heterocycles. The van der Waals surface area contributed by atoms with Crippen LogP contribution in [-0.2, 0) is 22.4 Å². The van der Waals surface area contributed by atoms with Crippen molar-refractivity contribution in [2.24, 2.45) is 0 Å². The van der Waals surface area contributed by atoms with Crippen LogP contribution in [0.4, 0.5) is 5.00 Å². The number of carbonyl (C=O) groups excluding carboxylic acids is 2. The summed E-state index contributed by atoms with van der Waals surface area (Å²) in [6.07, 6.45) is 2.82. The number of hydrogen-bond donors (Lipinski definition) is 1. The van der Waals surface area contributed by atoms with Crippen molar-refractivity contribution in [3.8, 4) is 17.6 Å². The number of nitriles is 1. The van der Waals surface area contributed by atoms with Gasteiger partial charge >= 0.3 is 5.97 Å². The highest BCUT2D eigenvalue weighted by Crippen LogP contribution is 2.38. The Labute approximate surface area is 166 Å². The molecule has 0 aliphatic heterocycles. The lowest BCUT2D eigenvalue weighted by Crippen LogP contribution is -2.21. The molecule has 7 nitrogen and oxygen atoms in total. The Balaban J connectivity index is 1.61. The van der Waals surface area contributed by atoms with Crippen molar-refractivity contribution >= 4 is 28.2 Å². The van der Waals surface area contributed by atoms with E-state index in [0.29, 0.717) is 28.7 Å². The first-order valence-electron chi connectivity index (χ1n) is 8.89. The van der Waals surface area contributed by atoms with Crippen molar-refractivity contribution in [2.75, 3.05) is 25.6 Å². The van der Waals surface area contributed by atoms with Crippen LogP contribution >= 0.6 is 11.3 Å². The van der Waals surface area contributed by atoms with Gasteiger partial charge in [0.05, 0.1) is 24.8 Å². The summed E-state index contributed by atoms with van der Waals surface area (Å²) >= 11 is 1.42. The van der Waals surface area contributed by atoms with Crippen LogP contribution in [0, 0.1) is 11.3 Å². The molecule has 1 amide bonds. The Morgan fingerprint density at radius 3 is 2.82 bits per heavy atom. The quantitative estimate of drug-likeness (QED) is 0.716. The van der Waals surface area contributed by atoms with Gasteiger partial charge in [-0.1, -0.05) is 0 Å². The van der Waals surface area contributed by atoms with E-state index in [9.17, 15) is 14.9 Å². The molecule has 146 valence electrons. The van der Waals surface area contributed by atoms with Gasteiger partial charge < -0.3 is 19.5 Å². The average molecular weight is 400 g/mol. The third-order valence-electron chi connectivity index (χ3n) is 4.32. The zero-order chi connectivity index (χ0) is 20.1. The summed E-state index contributed by atoms with van der Waals surface area (Å²) < 4.78 is 15.7. The van der Waals surface area contributed by atoms with Gasteiger partial charge in [-0.15, -0.1) is 11.3 Å². The molecule has 3 rings (SSSR count). The van der Waals surface area contributed by atoms with Crippen LogP contribution in [0.1, 0.15) is 39.7 Å². The van der Waals surface area contributed by atoms with Crippen LogP contribution in [0.25, 0.3) is 0 Å². The molecule has 0 saturated heterocycles.